The number of alkyl carbamates (subject to hydrolysis) is 1. The number of rotatable bonds is 6. The minimum absolute atomic E-state index is 0. The number of carbonyl (C=O) groups excluding carboxylic acids is 1. The minimum atomic E-state index is -0.281. The molecular formula is C9H19NNiO2. The standard InChI is InChI=1S/C9H19NO2.Ni/c1-3-5-7-10-9(11)12-8-6-4-2;/h3-8H2,1-2H3,(H,10,11);. The summed E-state index contributed by atoms with van der Waals surface area (Å²) in [7, 11) is 0. The fourth-order valence-corrected chi connectivity index (χ4v) is 0.727. The van der Waals surface area contributed by atoms with Crippen LogP contribution >= 0.6 is 0 Å². The third-order valence-corrected chi connectivity index (χ3v) is 1.53. The molecule has 0 unspecified atom stereocenters. The summed E-state index contributed by atoms with van der Waals surface area (Å²) in [6, 6.07) is 0. The third kappa shape index (κ3) is 11.8. The Balaban J connectivity index is 0. The van der Waals surface area contributed by atoms with E-state index in [1.165, 1.54) is 0 Å². The van der Waals surface area contributed by atoms with Gasteiger partial charge < -0.3 is 10.1 Å². The average molecular weight is 232 g/mol. The van der Waals surface area contributed by atoms with Crippen LogP contribution in [0.5, 0.6) is 0 Å². The molecule has 0 aliphatic rings. The van der Waals surface area contributed by atoms with E-state index in [4.69, 9.17) is 4.74 Å². The van der Waals surface area contributed by atoms with Gasteiger partial charge in [-0.3, -0.25) is 0 Å². The minimum Gasteiger partial charge on any atom is -0.450 e. The van der Waals surface area contributed by atoms with Gasteiger partial charge in [0.15, 0.2) is 0 Å². The van der Waals surface area contributed by atoms with Crippen molar-refractivity contribution >= 4 is 6.09 Å². The zero-order chi connectivity index (χ0) is 9.23. The van der Waals surface area contributed by atoms with Gasteiger partial charge in [0.05, 0.1) is 6.61 Å². The normalized spacial score (nSPS) is 8.77. The van der Waals surface area contributed by atoms with E-state index in [0.717, 1.165) is 32.2 Å². The second-order valence-corrected chi connectivity index (χ2v) is 2.77. The fourth-order valence-electron chi connectivity index (χ4n) is 0.727. The molecule has 0 heterocycles. The fraction of sp³-hybridized carbons (Fsp3) is 0.889. The molecule has 0 aromatic heterocycles. The average Bonchev–Trinajstić information content (AvgIpc) is 2.06. The summed E-state index contributed by atoms with van der Waals surface area (Å²) in [5.41, 5.74) is 0. The molecule has 0 aromatic carbocycles. The molecular weight excluding hydrogens is 213 g/mol. The Bertz CT molecular complexity index is 108. The predicted molar refractivity (Wildman–Crippen MR) is 49.2 cm³/mol. The van der Waals surface area contributed by atoms with Crippen LogP contribution in [0.1, 0.15) is 39.5 Å². The topological polar surface area (TPSA) is 38.3 Å². The van der Waals surface area contributed by atoms with E-state index in [-0.39, 0.29) is 22.6 Å². The number of hydrogen-bond donors (Lipinski definition) is 1. The molecule has 1 amide bonds. The van der Waals surface area contributed by atoms with Crippen molar-refractivity contribution in [1.29, 1.82) is 0 Å². The Kier molecular flexibility index (Phi) is 13.8. The first-order valence-corrected chi connectivity index (χ1v) is 4.71. The van der Waals surface area contributed by atoms with Crippen LogP contribution in [0.2, 0.25) is 0 Å². The second-order valence-electron chi connectivity index (χ2n) is 2.77. The Labute approximate surface area is 90.5 Å². The maximum atomic E-state index is 10.9. The van der Waals surface area contributed by atoms with Crippen LogP contribution in [0.25, 0.3) is 0 Å². The van der Waals surface area contributed by atoms with Gasteiger partial charge in [0.2, 0.25) is 0 Å². The van der Waals surface area contributed by atoms with Crippen LogP contribution in [-0.4, -0.2) is 19.2 Å². The Morgan fingerprint density at radius 1 is 1.23 bits per heavy atom. The van der Waals surface area contributed by atoms with Gasteiger partial charge in [0, 0.05) is 23.0 Å². The quantitative estimate of drug-likeness (QED) is 0.563. The van der Waals surface area contributed by atoms with Gasteiger partial charge in [0.25, 0.3) is 0 Å². The van der Waals surface area contributed by atoms with Crippen LogP contribution in [0, 0.1) is 0 Å². The molecule has 82 valence electrons. The molecule has 0 aliphatic carbocycles. The zero-order valence-corrected chi connectivity index (χ0v) is 9.36. The van der Waals surface area contributed by atoms with Crippen molar-refractivity contribution in [1.82, 2.24) is 5.32 Å². The molecule has 0 saturated heterocycles. The molecule has 0 radical (unpaired) electrons. The summed E-state index contributed by atoms with van der Waals surface area (Å²) in [5, 5.41) is 2.68. The van der Waals surface area contributed by atoms with Crippen molar-refractivity contribution in [2.45, 2.75) is 39.5 Å². The first kappa shape index (κ1) is 15.2. The smallest absolute Gasteiger partial charge is 0.407 e. The molecule has 13 heavy (non-hydrogen) atoms. The molecule has 0 atom stereocenters. The molecule has 0 fully saturated rings. The number of amides is 1. The maximum absolute atomic E-state index is 10.9. The Morgan fingerprint density at radius 3 is 2.38 bits per heavy atom. The summed E-state index contributed by atoms with van der Waals surface area (Å²) in [6.07, 6.45) is 3.83. The van der Waals surface area contributed by atoms with Gasteiger partial charge in [-0.05, 0) is 12.8 Å². The molecule has 0 saturated carbocycles. The molecule has 0 bridgehead atoms. The molecule has 3 nitrogen and oxygen atoms in total. The summed E-state index contributed by atoms with van der Waals surface area (Å²) in [6.45, 7) is 5.42. The van der Waals surface area contributed by atoms with Gasteiger partial charge in [-0.2, -0.15) is 0 Å². The predicted octanol–water partition coefficient (Wildman–Crippen LogP) is 2.31. The molecule has 1 N–H and O–H groups in total. The van der Waals surface area contributed by atoms with E-state index < -0.39 is 0 Å². The van der Waals surface area contributed by atoms with Crippen molar-refractivity contribution < 1.29 is 26.0 Å². The first-order valence-electron chi connectivity index (χ1n) is 4.71. The molecule has 0 aliphatic heterocycles. The summed E-state index contributed by atoms with van der Waals surface area (Å²) >= 11 is 0. The largest absolute Gasteiger partial charge is 0.450 e. The van der Waals surface area contributed by atoms with Crippen LogP contribution in [0.15, 0.2) is 0 Å². The van der Waals surface area contributed by atoms with Crippen molar-refractivity contribution in [2.24, 2.45) is 0 Å². The van der Waals surface area contributed by atoms with E-state index in [9.17, 15) is 4.79 Å². The SMILES string of the molecule is CCCCNC(=O)OCCCC.[Ni]. The van der Waals surface area contributed by atoms with Gasteiger partial charge in [-0.15, -0.1) is 0 Å². The third-order valence-electron chi connectivity index (χ3n) is 1.53. The van der Waals surface area contributed by atoms with E-state index in [1.54, 1.807) is 0 Å². The molecule has 0 aromatic rings. The van der Waals surface area contributed by atoms with Gasteiger partial charge in [-0.25, -0.2) is 4.79 Å². The number of ether oxygens (including phenoxy) is 1. The monoisotopic (exact) mass is 231 g/mol. The van der Waals surface area contributed by atoms with Crippen molar-refractivity contribution in [3.05, 3.63) is 0 Å². The van der Waals surface area contributed by atoms with Gasteiger partial charge >= 0.3 is 6.09 Å². The number of carbonyl (C=O) groups is 1. The zero-order valence-electron chi connectivity index (χ0n) is 8.38. The molecule has 0 rings (SSSR count). The summed E-state index contributed by atoms with van der Waals surface area (Å²) in [5.74, 6) is 0. The molecule has 0 spiro atoms. The summed E-state index contributed by atoms with van der Waals surface area (Å²) < 4.78 is 4.88. The van der Waals surface area contributed by atoms with Crippen LogP contribution in [0.3, 0.4) is 0 Å². The molecule has 4 heteroatoms. The number of unbranched alkanes of at least 4 members (excludes halogenated alkanes) is 2. The summed E-state index contributed by atoms with van der Waals surface area (Å²) in [4.78, 5) is 10.9. The van der Waals surface area contributed by atoms with Crippen LogP contribution in [0.4, 0.5) is 4.79 Å². The van der Waals surface area contributed by atoms with Crippen molar-refractivity contribution in [3.63, 3.8) is 0 Å². The van der Waals surface area contributed by atoms with E-state index in [0.29, 0.717) is 6.61 Å². The van der Waals surface area contributed by atoms with Gasteiger partial charge in [-0.1, -0.05) is 26.7 Å². The van der Waals surface area contributed by atoms with Crippen LogP contribution in [-0.2, 0) is 21.2 Å². The Morgan fingerprint density at radius 2 is 1.85 bits per heavy atom. The Hall–Kier alpha value is -0.236. The van der Waals surface area contributed by atoms with Crippen molar-refractivity contribution in [2.75, 3.05) is 13.2 Å². The van der Waals surface area contributed by atoms with Crippen LogP contribution < -0.4 is 5.32 Å². The van der Waals surface area contributed by atoms with E-state index in [1.807, 2.05) is 0 Å². The maximum Gasteiger partial charge on any atom is 0.407 e. The van der Waals surface area contributed by atoms with E-state index in [2.05, 4.69) is 19.2 Å². The van der Waals surface area contributed by atoms with E-state index >= 15 is 0 Å². The second kappa shape index (κ2) is 11.8. The number of nitrogens with one attached hydrogen (secondary N) is 1. The van der Waals surface area contributed by atoms with Crippen molar-refractivity contribution in [3.8, 4) is 0 Å². The first-order chi connectivity index (χ1) is 5.81. The number of hydrogen-bond acceptors (Lipinski definition) is 2. The van der Waals surface area contributed by atoms with Gasteiger partial charge in [0.1, 0.15) is 0 Å².